The summed E-state index contributed by atoms with van der Waals surface area (Å²) in [5, 5.41) is 3.09. The molecule has 2 nitrogen and oxygen atoms in total. The lowest BCUT2D eigenvalue weighted by atomic mass is 10.2. The summed E-state index contributed by atoms with van der Waals surface area (Å²) < 4.78 is 7.13. The van der Waals surface area contributed by atoms with Gasteiger partial charge in [0.1, 0.15) is 5.75 Å². The van der Waals surface area contributed by atoms with E-state index in [1.807, 2.05) is 19.2 Å². The number of nitrogens with one attached hydrogen (secondary N) is 1. The van der Waals surface area contributed by atoms with Crippen molar-refractivity contribution >= 4 is 31.9 Å². The first-order chi connectivity index (χ1) is 6.19. The van der Waals surface area contributed by atoms with Crippen LogP contribution in [0.4, 0.5) is 0 Å². The first-order valence-electron chi connectivity index (χ1n) is 3.85. The number of rotatable bonds is 3. The van der Waals surface area contributed by atoms with E-state index in [-0.39, 0.29) is 0 Å². The summed E-state index contributed by atoms with van der Waals surface area (Å²) in [5.41, 5.74) is 1.21. The van der Waals surface area contributed by atoms with Crippen LogP contribution in [0.2, 0.25) is 0 Å². The molecule has 0 aliphatic heterocycles. The molecule has 0 heterocycles. The third-order valence-corrected chi connectivity index (χ3v) is 2.82. The smallest absolute Gasteiger partial charge is 0.147 e. The Bertz CT molecular complexity index is 279. The Kier molecular flexibility index (Phi) is 4.22. The second-order valence-corrected chi connectivity index (χ2v) is 4.33. The average molecular weight is 309 g/mol. The van der Waals surface area contributed by atoms with E-state index in [1.54, 1.807) is 7.11 Å². The summed E-state index contributed by atoms with van der Waals surface area (Å²) in [5.74, 6) is 0.833. The molecule has 1 aromatic rings. The van der Waals surface area contributed by atoms with Gasteiger partial charge in [-0.25, -0.2) is 0 Å². The summed E-state index contributed by atoms with van der Waals surface area (Å²) in [4.78, 5) is 0. The van der Waals surface area contributed by atoms with Gasteiger partial charge in [0.25, 0.3) is 0 Å². The maximum absolute atomic E-state index is 5.19. The zero-order chi connectivity index (χ0) is 9.84. The van der Waals surface area contributed by atoms with Gasteiger partial charge < -0.3 is 10.1 Å². The monoisotopic (exact) mass is 307 g/mol. The molecule has 72 valence electrons. The molecule has 0 amide bonds. The van der Waals surface area contributed by atoms with E-state index in [9.17, 15) is 0 Å². The normalized spacial score (nSPS) is 10.2. The lowest BCUT2D eigenvalue weighted by Gasteiger charge is -2.08. The van der Waals surface area contributed by atoms with Crippen molar-refractivity contribution in [1.82, 2.24) is 5.32 Å². The van der Waals surface area contributed by atoms with Gasteiger partial charge in [0.15, 0.2) is 0 Å². The maximum atomic E-state index is 5.19. The second kappa shape index (κ2) is 4.98. The molecule has 0 spiro atoms. The molecule has 1 rings (SSSR count). The highest BCUT2D eigenvalue weighted by molar-refractivity contribution is 9.11. The van der Waals surface area contributed by atoms with Crippen LogP contribution in [-0.2, 0) is 6.54 Å². The second-order valence-electron chi connectivity index (χ2n) is 2.62. The number of hydrogen-bond acceptors (Lipinski definition) is 2. The number of ether oxygens (including phenoxy) is 1. The Balaban J connectivity index is 3.05. The summed E-state index contributed by atoms with van der Waals surface area (Å²) in [6.07, 6.45) is 0. The summed E-state index contributed by atoms with van der Waals surface area (Å²) >= 11 is 6.89. The van der Waals surface area contributed by atoms with E-state index >= 15 is 0 Å². The molecule has 0 fully saturated rings. The summed E-state index contributed by atoms with van der Waals surface area (Å²) in [6.45, 7) is 0.848. The minimum Gasteiger partial charge on any atom is -0.494 e. The van der Waals surface area contributed by atoms with Crippen molar-refractivity contribution in [3.05, 3.63) is 26.6 Å². The Labute approximate surface area is 94.9 Å². The number of methoxy groups -OCH3 is 1. The van der Waals surface area contributed by atoms with Crippen LogP contribution in [0.3, 0.4) is 0 Å². The van der Waals surface area contributed by atoms with Crippen LogP contribution in [0.1, 0.15) is 5.56 Å². The Morgan fingerprint density at radius 2 is 1.85 bits per heavy atom. The molecule has 1 aromatic carbocycles. The van der Waals surface area contributed by atoms with Gasteiger partial charge in [-0.05, 0) is 56.6 Å². The zero-order valence-electron chi connectivity index (χ0n) is 7.53. The number of halogens is 2. The lowest BCUT2D eigenvalue weighted by molar-refractivity contribution is 0.409. The third-order valence-electron chi connectivity index (χ3n) is 1.64. The maximum Gasteiger partial charge on any atom is 0.147 e. The molecule has 0 aromatic heterocycles. The lowest BCUT2D eigenvalue weighted by Crippen LogP contribution is -2.05. The van der Waals surface area contributed by atoms with Crippen molar-refractivity contribution in [3.8, 4) is 5.75 Å². The number of benzene rings is 1. The Morgan fingerprint density at radius 3 is 2.23 bits per heavy atom. The van der Waals surface area contributed by atoms with Crippen LogP contribution in [-0.4, -0.2) is 14.2 Å². The van der Waals surface area contributed by atoms with Gasteiger partial charge >= 0.3 is 0 Å². The zero-order valence-corrected chi connectivity index (χ0v) is 10.7. The summed E-state index contributed by atoms with van der Waals surface area (Å²) in [7, 11) is 3.58. The standard InChI is InChI=1S/C9H11Br2NO/c1-12-5-6-3-7(10)9(13-2)8(11)4-6/h3-4,12H,5H2,1-2H3. The SMILES string of the molecule is CNCc1cc(Br)c(OC)c(Br)c1. The van der Waals surface area contributed by atoms with E-state index in [0.29, 0.717) is 0 Å². The molecule has 0 unspecified atom stereocenters. The molecular formula is C9H11Br2NO. The highest BCUT2D eigenvalue weighted by atomic mass is 79.9. The first kappa shape index (κ1) is 11.0. The van der Waals surface area contributed by atoms with E-state index in [4.69, 9.17) is 4.74 Å². The molecule has 0 saturated carbocycles. The fraction of sp³-hybridized carbons (Fsp3) is 0.333. The predicted molar refractivity (Wildman–Crippen MR) is 61.2 cm³/mol. The predicted octanol–water partition coefficient (Wildman–Crippen LogP) is 2.94. The number of hydrogen-bond donors (Lipinski definition) is 1. The van der Waals surface area contributed by atoms with Crippen molar-refractivity contribution < 1.29 is 4.74 Å². The molecule has 0 bridgehead atoms. The molecule has 13 heavy (non-hydrogen) atoms. The molecule has 0 atom stereocenters. The van der Waals surface area contributed by atoms with Crippen molar-refractivity contribution in [2.45, 2.75) is 6.54 Å². The van der Waals surface area contributed by atoms with Crippen LogP contribution in [0.5, 0.6) is 5.75 Å². The van der Waals surface area contributed by atoms with Gasteiger partial charge in [0.2, 0.25) is 0 Å². The minimum atomic E-state index is 0.833. The van der Waals surface area contributed by atoms with Crippen LogP contribution < -0.4 is 10.1 Å². The Hall–Kier alpha value is -0.0600. The van der Waals surface area contributed by atoms with E-state index in [2.05, 4.69) is 37.2 Å². The van der Waals surface area contributed by atoms with E-state index < -0.39 is 0 Å². The van der Waals surface area contributed by atoms with Crippen molar-refractivity contribution in [3.63, 3.8) is 0 Å². The van der Waals surface area contributed by atoms with Crippen molar-refractivity contribution in [1.29, 1.82) is 0 Å². The molecular weight excluding hydrogens is 298 g/mol. The van der Waals surface area contributed by atoms with E-state index in [1.165, 1.54) is 5.56 Å². The average Bonchev–Trinajstić information content (AvgIpc) is 2.04. The molecule has 1 N–H and O–H groups in total. The molecule has 0 saturated heterocycles. The van der Waals surface area contributed by atoms with Crippen LogP contribution >= 0.6 is 31.9 Å². The van der Waals surface area contributed by atoms with Crippen LogP contribution in [0, 0.1) is 0 Å². The van der Waals surface area contributed by atoms with E-state index in [0.717, 1.165) is 21.2 Å². The quantitative estimate of drug-likeness (QED) is 0.927. The van der Waals surface area contributed by atoms with Gasteiger partial charge in [-0.1, -0.05) is 0 Å². The van der Waals surface area contributed by atoms with Gasteiger partial charge in [0.05, 0.1) is 16.1 Å². The highest BCUT2D eigenvalue weighted by Gasteiger charge is 2.06. The minimum absolute atomic E-state index is 0.833. The fourth-order valence-corrected chi connectivity index (χ4v) is 2.72. The van der Waals surface area contributed by atoms with Crippen LogP contribution in [0.25, 0.3) is 0 Å². The van der Waals surface area contributed by atoms with Crippen molar-refractivity contribution in [2.75, 3.05) is 14.2 Å². The van der Waals surface area contributed by atoms with Gasteiger partial charge in [0, 0.05) is 6.54 Å². The third kappa shape index (κ3) is 2.69. The van der Waals surface area contributed by atoms with Gasteiger partial charge in [-0.2, -0.15) is 0 Å². The van der Waals surface area contributed by atoms with Gasteiger partial charge in [-0.3, -0.25) is 0 Å². The van der Waals surface area contributed by atoms with Gasteiger partial charge in [-0.15, -0.1) is 0 Å². The fourth-order valence-electron chi connectivity index (χ4n) is 1.11. The molecule has 0 radical (unpaired) electrons. The molecule has 0 aliphatic rings. The van der Waals surface area contributed by atoms with Crippen molar-refractivity contribution in [2.24, 2.45) is 0 Å². The molecule has 4 heteroatoms. The molecule has 0 aliphatic carbocycles. The van der Waals surface area contributed by atoms with Crippen LogP contribution in [0.15, 0.2) is 21.1 Å². The summed E-state index contributed by atoms with van der Waals surface area (Å²) in [6, 6.07) is 4.08. The Morgan fingerprint density at radius 1 is 1.31 bits per heavy atom. The topological polar surface area (TPSA) is 21.3 Å². The highest BCUT2D eigenvalue weighted by Crippen LogP contribution is 2.34. The first-order valence-corrected chi connectivity index (χ1v) is 5.44. The largest absolute Gasteiger partial charge is 0.494 e.